The first kappa shape index (κ1) is 15.0. The predicted molar refractivity (Wildman–Crippen MR) is 91.9 cm³/mol. The Hall–Kier alpha value is -0.890. The fourth-order valence-corrected chi connectivity index (χ4v) is 5.04. The van der Waals surface area contributed by atoms with Crippen LogP contribution in [-0.4, -0.2) is 39.5 Å². The fraction of sp³-hybridized carbons (Fsp3) is 0.571. The van der Waals surface area contributed by atoms with E-state index in [-0.39, 0.29) is 0 Å². The van der Waals surface area contributed by atoms with Crippen molar-refractivity contribution in [2.75, 3.05) is 24.0 Å². The smallest absolute Gasteiger partial charge is 0.152 e. The Kier molecular flexibility index (Phi) is 4.35. The summed E-state index contributed by atoms with van der Waals surface area (Å²) in [6, 6.07) is 0.635. The molecule has 5 nitrogen and oxygen atoms in total. The van der Waals surface area contributed by atoms with Crippen LogP contribution in [0.4, 0.5) is 5.82 Å². The highest BCUT2D eigenvalue weighted by molar-refractivity contribution is 7.99. The minimum atomic E-state index is 0.635. The highest BCUT2D eigenvalue weighted by atomic mass is 32.2. The number of rotatable bonds is 4. The highest BCUT2D eigenvalue weighted by Crippen LogP contribution is 2.33. The van der Waals surface area contributed by atoms with Gasteiger partial charge in [0.1, 0.15) is 10.7 Å². The molecule has 0 amide bonds. The Morgan fingerprint density at radius 2 is 2.19 bits per heavy atom. The molecule has 1 atom stereocenters. The number of nitrogen functional groups attached to an aromatic ring is 1. The van der Waals surface area contributed by atoms with Gasteiger partial charge in [0, 0.05) is 16.7 Å². The summed E-state index contributed by atoms with van der Waals surface area (Å²) in [6.07, 6.45) is 1.25. The molecular weight excluding hydrogens is 302 g/mol. The van der Waals surface area contributed by atoms with Crippen LogP contribution < -0.4 is 11.3 Å². The van der Waals surface area contributed by atoms with Gasteiger partial charge in [-0.2, -0.15) is 11.8 Å². The van der Waals surface area contributed by atoms with E-state index in [2.05, 4.69) is 36.2 Å². The molecule has 21 heavy (non-hydrogen) atoms. The molecule has 0 bridgehead atoms. The van der Waals surface area contributed by atoms with E-state index in [0.29, 0.717) is 6.04 Å². The van der Waals surface area contributed by atoms with Crippen molar-refractivity contribution in [3.05, 3.63) is 16.3 Å². The predicted octanol–water partition coefficient (Wildman–Crippen LogP) is 2.53. The number of hydrogen-bond acceptors (Lipinski definition) is 7. The summed E-state index contributed by atoms with van der Waals surface area (Å²) in [5.74, 6) is 9.71. The molecule has 0 radical (unpaired) electrons. The number of fused-ring (bicyclic) bond motifs is 1. The monoisotopic (exact) mass is 323 g/mol. The zero-order valence-electron chi connectivity index (χ0n) is 12.6. The first-order valence-corrected chi connectivity index (χ1v) is 9.08. The molecular formula is C14H21N5S2. The van der Waals surface area contributed by atoms with Crippen molar-refractivity contribution in [3.63, 3.8) is 0 Å². The summed E-state index contributed by atoms with van der Waals surface area (Å²) in [5.41, 5.74) is 3.96. The van der Waals surface area contributed by atoms with Crippen LogP contribution in [0.25, 0.3) is 10.2 Å². The maximum atomic E-state index is 5.66. The summed E-state index contributed by atoms with van der Waals surface area (Å²) in [7, 11) is 2.16. The zero-order valence-corrected chi connectivity index (χ0v) is 14.3. The quantitative estimate of drug-likeness (QED) is 0.666. The first-order valence-electron chi connectivity index (χ1n) is 7.11. The van der Waals surface area contributed by atoms with E-state index in [1.807, 2.05) is 11.8 Å². The second-order valence-electron chi connectivity index (χ2n) is 5.53. The zero-order chi connectivity index (χ0) is 15.0. The number of thiophene rings is 1. The topological polar surface area (TPSA) is 67.1 Å². The molecule has 7 heteroatoms. The summed E-state index contributed by atoms with van der Waals surface area (Å²) in [6.45, 7) is 4.98. The molecule has 3 rings (SSSR count). The third-order valence-corrected chi connectivity index (χ3v) is 6.38. The van der Waals surface area contributed by atoms with Crippen LogP contribution >= 0.6 is 23.1 Å². The molecule has 1 saturated heterocycles. The van der Waals surface area contributed by atoms with Crippen LogP contribution in [0.5, 0.6) is 0 Å². The maximum absolute atomic E-state index is 5.66. The Bertz CT molecular complexity index is 648. The molecule has 1 fully saturated rings. The van der Waals surface area contributed by atoms with Crippen molar-refractivity contribution in [3.8, 4) is 0 Å². The standard InChI is InChI=1S/C14H21N5S2/c1-8-9(2)21-14-12(8)13(18-15)16-11(17-14)6-19(3)10-4-5-20-7-10/h10H,4-7,15H2,1-3H3,(H,16,17,18). The van der Waals surface area contributed by atoms with Gasteiger partial charge in [0.25, 0.3) is 0 Å². The van der Waals surface area contributed by atoms with Gasteiger partial charge in [-0.05, 0) is 38.6 Å². The molecule has 114 valence electrons. The molecule has 1 aliphatic heterocycles. The number of nitrogens with two attached hydrogens (primary N) is 1. The maximum Gasteiger partial charge on any atom is 0.152 e. The van der Waals surface area contributed by atoms with E-state index in [1.165, 1.54) is 28.4 Å². The van der Waals surface area contributed by atoms with Gasteiger partial charge in [-0.15, -0.1) is 11.3 Å². The van der Waals surface area contributed by atoms with Crippen LogP contribution in [0.1, 0.15) is 22.7 Å². The van der Waals surface area contributed by atoms with Crippen molar-refractivity contribution >= 4 is 39.1 Å². The van der Waals surface area contributed by atoms with Gasteiger partial charge in [-0.1, -0.05) is 0 Å². The number of thioether (sulfide) groups is 1. The summed E-state index contributed by atoms with van der Waals surface area (Å²) in [5, 5.41) is 1.06. The number of aryl methyl sites for hydroxylation is 2. The van der Waals surface area contributed by atoms with Crippen molar-refractivity contribution < 1.29 is 0 Å². The molecule has 0 saturated carbocycles. The van der Waals surface area contributed by atoms with Crippen molar-refractivity contribution in [1.82, 2.24) is 14.9 Å². The lowest BCUT2D eigenvalue weighted by atomic mass is 10.2. The number of nitrogens with one attached hydrogen (secondary N) is 1. The highest BCUT2D eigenvalue weighted by Gasteiger charge is 2.21. The van der Waals surface area contributed by atoms with E-state index >= 15 is 0 Å². The number of nitrogens with zero attached hydrogens (tertiary/aromatic N) is 3. The number of hydrogen-bond donors (Lipinski definition) is 2. The van der Waals surface area contributed by atoms with Crippen LogP contribution in [0.2, 0.25) is 0 Å². The largest absolute Gasteiger partial charge is 0.308 e. The third kappa shape index (κ3) is 2.88. The normalized spacial score (nSPS) is 18.8. The number of hydrazine groups is 1. The Morgan fingerprint density at radius 1 is 1.38 bits per heavy atom. The van der Waals surface area contributed by atoms with Crippen molar-refractivity contribution in [2.24, 2.45) is 5.84 Å². The van der Waals surface area contributed by atoms with E-state index in [9.17, 15) is 0 Å². The molecule has 0 spiro atoms. The lowest BCUT2D eigenvalue weighted by Gasteiger charge is -2.22. The van der Waals surface area contributed by atoms with E-state index < -0.39 is 0 Å². The summed E-state index contributed by atoms with van der Waals surface area (Å²) < 4.78 is 0. The van der Waals surface area contributed by atoms with Crippen LogP contribution in [-0.2, 0) is 6.54 Å². The molecule has 1 unspecified atom stereocenters. The first-order chi connectivity index (χ1) is 10.1. The Labute approximate surface area is 133 Å². The van der Waals surface area contributed by atoms with Crippen LogP contribution in [0.15, 0.2) is 0 Å². The lowest BCUT2D eigenvalue weighted by Crippen LogP contribution is -2.31. The summed E-state index contributed by atoms with van der Waals surface area (Å²) in [4.78, 5) is 14.0. The van der Waals surface area contributed by atoms with Crippen LogP contribution in [0.3, 0.4) is 0 Å². The summed E-state index contributed by atoms with van der Waals surface area (Å²) >= 11 is 3.74. The van der Waals surface area contributed by atoms with Gasteiger partial charge in [0.05, 0.1) is 11.9 Å². The second kappa shape index (κ2) is 6.08. The van der Waals surface area contributed by atoms with Gasteiger partial charge in [0.2, 0.25) is 0 Å². The number of aromatic nitrogens is 2. The van der Waals surface area contributed by atoms with Crippen molar-refractivity contribution in [2.45, 2.75) is 32.9 Å². The Morgan fingerprint density at radius 3 is 2.86 bits per heavy atom. The SMILES string of the molecule is Cc1sc2nc(CN(C)C3CCSC3)nc(NN)c2c1C. The molecule has 2 aromatic rings. The van der Waals surface area contributed by atoms with Gasteiger partial charge >= 0.3 is 0 Å². The molecule has 3 heterocycles. The Balaban J connectivity index is 1.92. The van der Waals surface area contributed by atoms with E-state index in [0.717, 1.165) is 28.4 Å². The molecule has 2 aromatic heterocycles. The van der Waals surface area contributed by atoms with Gasteiger partial charge in [0.15, 0.2) is 5.82 Å². The second-order valence-corrected chi connectivity index (χ2v) is 7.88. The lowest BCUT2D eigenvalue weighted by molar-refractivity contribution is 0.249. The molecule has 0 aliphatic carbocycles. The van der Waals surface area contributed by atoms with Gasteiger partial charge < -0.3 is 5.43 Å². The average Bonchev–Trinajstić information content (AvgIpc) is 3.08. The van der Waals surface area contributed by atoms with Crippen molar-refractivity contribution in [1.29, 1.82) is 0 Å². The fourth-order valence-electron chi connectivity index (χ4n) is 2.69. The van der Waals surface area contributed by atoms with Gasteiger partial charge in [-0.25, -0.2) is 15.8 Å². The molecule has 0 aromatic carbocycles. The van der Waals surface area contributed by atoms with E-state index in [4.69, 9.17) is 10.8 Å². The van der Waals surface area contributed by atoms with Gasteiger partial charge in [-0.3, -0.25) is 4.90 Å². The minimum Gasteiger partial charge on any atom is -0.308 e. The van der Waals surface area contributed by atoms with Crippen LogP contribution in [0, 0.1) is 13.8 Å². The third-order valence-electron chi connectivity index (χ3n) is 4.13. The van der Waals surface area contributed by atoms with E-state index in [1.54, 1.807) is 11.3 Å². The molecule has 1 aliphatic rings. The average molecular weight is 323 g/mol. The number of anilines is 1. The molecule has 3 N–H and O–H groups in total. The minimum absolute atomic E-state index is 0.635.